The number of nitrogens with two attached hydrogens (primary N) is 1. The third-order valence-electron chi connectivity index (χ3n) is 2.00. The fourth-order valence-electron chi connectivity index (χ4n) is 1.14. The van der Waals surface area contributed by atoms with Crippen LogP contribution in [0.4, 0.5) is 24.8 Å². The Kier molecular flexibility index (Phi) is 3.56. The van der Waals surface area contributed by atoms with Gasteiger partial charge in [0, 0.05) is 12.1 Å². The smallest absolute Gasteiger partial charge is 0.383 e. The summed E-state index contributed by atoms with van der Waals surface area (Å²) in [6.07, 6.45) is -5.08. The summed E-state index contributed by atoms with van der Waals surface area (Å²) >= 11 is 0. The summed E-state index contributed by atoms with van der Waals surface area (Å²) in [5, 5.41) is 2.60. The third-order valence-corrected chi connectivity index (χ3v) is 2.00. The molecular weight excluding hydrogens is 221 g/mol. The van der Waals surface area contributed by atoms with Crippen molar-refractivity contribution in [3.63, 3.8) is 0 Å². The molecule has 7 heteroatoms. The highest BCUT2D eigenvalue weighted by molar-refractivity contribution is 5.54. The van der Waals surface area contributed by atoms with Crippen LogP contribution in [0.15, 0.2) is 0 Å². The molecule has 0 aliphatic heterocycles. The Morgan fingerprint density at radius 2 is 1.88 bits per heavy atom. The summed E-state index contributed by atoms with van der Waals surface area (Å²) in [5.41, 5.74) is 6.13. The molecule has 16 heavy (non-hydrogen) atoms. The Labute approximate surface area is 91.1 Å². The van der Waals surface area contributed by atoms with E-state index in [1.807, 2.05) is 0 Å². The van der Waals surface area contributed by atoms with Crippen LogP contribution in [0.3, 0.4) is 0 Å². The molecule has 0 spiro atoms. The average Bonchev–Trinajstić information content (AvgIpc) is 2.11. The summed E-state index contributed by atoms with van der Waals surface area (Å²) < 4.78 is 35.8. The Bertz CT molecular complexity index is 376. The molecule has 1 heterocycles. The molecule has 0 saturated carbocycles. The number of hydrogen-bond donors (Lipinski definition) is 2. The van der Waals surface area contributed by atoms with E-state index in [1.54, 1.807) is 13.8 Å². The molecule has 1 rings (SSSR count). The van der Waals surface area contributed by atoms with Crippen molar-refractivity contribution in [3.8, 4) is 0 Å². The van der Waals surface area contributed by atoms with Crippen LogP contribution in [0.1, 0.15) is 17.8 Å². The van der Waals surface area contributed by atoms with Gasteiger partial charge >= 0.3 is 6.18 Å². The van der Waals surface area contributed by atoms with E-state index in [1.165, 1.54) is 0 Å². The van der Waals surface area contributed by atoms with E-state index in [0.717, 1.165) is 0 Å². The van der Waals surface area contributed by atoms with Crippen molar-refractivity contribution in [1.82, 2.24) is 9.97 Å². The fourth-order valence-corrected chi connectivity index (χ4v) is 1.14. The van der Waals surface area contributed by atoms with Gasteiger partial charge in [0.2, 0.25) is 0 Å². The number of halogens is 3. The number of nitrogens with zero attached hydrogens (tertiary/aromatic N) is 2. The first-order valence-corrected chi connectivity index (χ1v) is 4.71. The maximum absolute atomic E-state index is 11.9. The van der Waals surface area contributed by atoms with E-state index < -0.39 is 12.6 Å². The third kappa shape index (κ3) is 3.56. The molecule has 0 unspecified atom stereocenters. The highest BCUT2D eigenvalue weighted by Crippen LogP contribution is 2.21. The summed E-state index contributed by atoms with van der Waals surface area (Å²) in [7, 11) is 0. The largest absolute Gasteiger partial charge is 0.390 e. The van der Waals surface area contributed by atoms with E-state index >= 15 is 0 Å². The van der Waals surface area contributed by atoms with Gasteiger partial charge in [0.15, 0.2) is 0 Å². The molecule has 0 aliphatic rings. The molecule has 0 atom stereocenters. The highest BCUT2D eigenvalue weighted by Gasteiger charge is 2.26. The molecule has 3 N–H and O–H groups in total. The second-order valence-electron chi connectivity index (χ2n) is 3.42. The van der Waals surface area contributed by atoms with Gasteiger partial charge in [0.1, 0.15) is 17.5 Å². The average molecular weight is 234 g/mol. The van der Waals surface area contributed by atoms with Crippen LogP contribution in [0.5, 0.6) is 0 Å². The van der Waals surface area contributed by atoms with Crippen molar-refractivity contribution in [2.45, 2.75) is 26.4 Å². The van der Waals surface area contributed by atoms with Crippen molar-refractivity contribution < 1.29 is 13.2 Å². The Morgan fingerprint density at radius 3 is 2.44 bits per heavy atom. The van der Waals surface area contributed by atoms with E-state index in [9.17, 15) is 13.2 Å². The quantitative estimate of drug-likeness (QED) is 0.840. The van der Waals surface area contributed by atoms with Crippen molar-refractivity contribution >= 4 is 11.6 Å². The number of anilines is 2. The van der Waals surface area contributed by atoms with Gasteiger partial charge in [-0.25, -0.2) is 9.97 Å². The van der Waals surface area contributed by atoms with Gasteiger partial charge in [0.05, 0.1) is 6.42 Å². The number of aromatic nitrogens is 2. The highest BCUT2D eigenvalue weighted by atomic mass is 19.4. The van der Waals surface area contributed by atoms with Crippen LogP contribution in [0.2, 0.25) is 0 Å². The van der Waals surface area contributed by atoms with Gasteiger partial charge in [-0.15, -0.1) is 0 Å². The lowest BCUT2D eigenvalue weighted by atomic mass is 10.3. The lowest BCUT2D eigenvalue weighted by molar-refractivity contribution is -0.131. The summed E-state index contributed by atoms with van der Waals surface area (Å²) in [6.45, 7) is 3.07. The first-order valence-electron chi connectivity index (χ1n) is 4.71. The van der Waals surface area contributed by atoms with Crippen molar-refractivity contribution in [2.24, 2.45) is 0 Å². The Balaban J connectivity index is 2.67. The lowest BCUT2D eigenvalue weighted by Gasteiger charge is -2.11. The van der Waals surface area contributed by atoms with E-state index in [-0.39, 0.29) is 12.4 Å². The zero-order valence-corrected chi connectivity index (χ0v) is 9.02. The minimum Gasteiger partial charge on any atom is -0.383 e. The fraction of sp³-hybridized carbons (Fsp3) is 0.556. The van der Waals surface area contributed by atoms with Gasteiger partial charge < -0.3 is 11.1 Å². The van der Waals surface area contributed by atoms with Crippen LogP contribution in [0.25, 0.3) is 0 Å². The second kappa shape index (κ2) is 4.54. The summed E-state index contributed by atoms with van der Waals surface area (Å²) in [5.74, 6) is 1.06. The topological polar surface area (TPSA) is 63.8 Å². The molecule has 0 bridgehead atoms. The van der Waals surface area contributed by atoms with Crippen LogP contribution in [-0.4, -0.2) is 22.7 Å². The summed E-state index contributed by atoms with van der Waals surface area (Å²) in [4.78, 5) is 7.88. The SMILES string of the molecule is Cc1nc(N)c(C)c(NCCC(F)(F)F)n1. The second-order valence-corrected chi connectivity index (χ2v) is 3.42. The van der Waals surface area contributed by atoms with Crippen LogP contribution in [-0.2, 0) is 0 Å². The van der Waals surface area contributed by atoms with Gasteiger partial charge in [-0.3, -0.25) is 0 Å². The normalized spacial score (nSPS) is 11.6. The monoisotopic (exact) mass is 234 g/mol. The van der Waals surface area contributed by atoms with Crippen molar-refractivity contribution in [2.75, 3.05) is 17.6 Å². The van der Waals surface area contributed by atoms with E-state index in [4.69, 9.17) is 5.73 Å². The minimum atomic E-state index is -4.17. The number of alkyl halides is 3. The molecule has 0 aliphatic carbocycles. The summed E-state index contributed by atoms with van der Waals surface area (Å²) in [6, 6.07) is 0. The van der Waals surface area contributed by atoms with Crippen LogP contribution < -0.4 is 11.1 Å². The van der Waals surface area contributed by atoms with Crippen molar-refractivity contribution in [3.05, 3.63) is 11.4 Å². The molecule has 0 saturated heterocycles. The number of nitrogen functional groups attached to an aromatic ring is 1. The molecule has 0 radical (unpaired) electrons. The lowest BCUT2D eigenvalue weighted by Crippen LogP contribution is -2.16. The molecule has 90 valence electrons. The number of nitrogens with one attached hydrogen (secondary N) is 1. The van der Waals surface area contributed by atoms with Gasteiger partial charge in [0.25, 0.3) is 0 Å². The van der Waals surface area contributed by atoms with E-state index in [2.05, 4.69) is 15.3 Å². The molecule has 4 nitrogen and oxygen atoms in total. The van der Waals surface area contributed by atoms with E-state index in [0.29, 0.717) is 17.2 Å². The number of aryl methyl sites for hydroxylation is 1. The minimum absolute atomic E-state index is 0.222. The predicted octanol–water partition coefficient (Wildman–Crippen LogP) is 2.04. The van der Waals surface area contributed by atoms with Crippen LogP contribution in [0, 0.1) is 13.8 Å². The number of hydrogen-bond acceptors (Lipinski definition) is 4. The first kappa shape index (κ1) is 12.5. The molecule has 0 aromatic carbocycles. The van der Waals surface area contributed by atoms with Gasteiger partial charge in [-0.05, 0) is 13.8 Å². The van der Waals surface area contributed by atoms with Crippen LogP contribution >= 0.6 is 0 Å². The Hall–Kier alpha value is -1.53. The predicted molar refractivity (Wildman–Crippen MR) is 55.1 cm³/mol. The molecular formula is C9H13F3N4. The molecule has 0 amide bonds. The van der Waals surface area contributed by atoms with Gasteiger partial charge in [-0.2, -0.15) is 13.2 Å². The zero-order valence-electron chi connectivity index (χ0n) is 9.02. The standard InChI is InChI=1S/C9H13F3N4/c1-5-7(13)15-6(2)16-8(5)14-4-3-9(10,11)12/h3-4H2,1-2H3,(H3,13,14,15,16). The van der Waals surface area contributed by atoms with Crippen molar-refractivity contribution in [1.29, 1.82) is 0 Å². The van der Waals surface area contributed by atoms with Gasteiger partial charge in [-0.1, -0.05) is 0 Å². The maximum atomic E-state index is 11.9. The molecule has 1 aromatic heterocycles. The molecule has 1 aromatic rings. The first-order chi connectivity index (χ1) is 7.29. The maximum Gasteiger partial charge on any atom is 0.390 e. The zero-order chi connectivity index (χ0) is 12.3. The molecule has 0 fully saturated rings. The number of rotatable bonds is 3. The Morgan fingerprint density at radius 1 is 1.25 bits per heavy atom.